The molecular weight excluding hydrogens is 296 g/mol. The molecule has 0 saturated carbocycles. The van der Waals surface area contributed by atoms with E-state index >= 15 is 0 Å². The van der Waals surface area contributed by atoms with Gasteiger partial charge in [-0.15, -0.1) is 0 Å². The van der Waals surface area contributed by atoms with Crippen LogP contribution >= 0.6 is 15.9 Å². The smallest absolute Gasteiger partial charge is 0.241 e. The molecule has 3 N–H and O–H groups in total. The summed E-state index contributed by atoms with van der Waals surface area (Å²) in [5.41, 5.74) is 6.70. The number of benzene rings is 1. The zero-order valence-electron chi connectivity index (χ0n) is 9.69. The standard InChI is InChI=1S/C12H13BrN4O/c13-9-1-2-10(8(5-9)6-14)17-4-3-16-7-11(17)12(15)18/h1-2,5,11,16H,3-4,7H2,(H2,15,18). The van der Waals surface area contributed by atoms with Gasteiger partial charge in [-0.3, -0.25) is 4.79 Å². The van der Waals surface area contributed by atoms with E-state index in [1.807, 2.05) is 17.0 Å². The lowest BCUT2D eigenvalue weighted by molar-refractivity contribution is -0.119. The van der Waals surface area contributed by atoms with E-state index in [1.165, 1.54) is 0 Å². The summed E-state index contributed by atoms with van der Waals surface area (Å²) in [4.78, 5) is 13.3. The zero-order valence-corrected chi connectivity index (χ0v) is 11.3. The number of nitriles is 1. The molecule has 1 atom stereocenters. The normalized spacial score (nSPS) is 19.3. The number of nitrogens with one attached hydrogen (secondary N) is 1. The first-order valence-corrected chi connectivity index (χ1v) is 6.39. The summed E-state index contributed by atoms with van der Waals surface area (Å²) < 4.78 is 0.841. The van der Waals surface area contributed by atoms with Crippen LogP contribution in [0.3, 0.4) is 0 Å². The first-order valence-electron chi connectivity index (χ1n) is 5.60. The minimum atomic E-state index is -0.410. The van der Waals surface area contributed by atoms with Crippen LogP contribution in [0.15, 0.2) is 22.7 Å². The molecule has 1 saturated heterocycles. The van der Waals surface area contributed by atoms with E-state index in [0.29, 0.717) is 18.7 Å². The van der Waals surface area contributed by atoms with Gasteiger partial charge < -0.3 is 16.0 Å². The second-order valence-corrected chi connectivity index (χ2v) is 5.00. The van der Waals surface area contributed by atoms with E-state index in [2.05, 4.69) is 27.3 Å². The van der Waals surface area contributed by atoms with Crippen LogP contribution in [0.2, 0.25) is 0 Å². The van der Waals surface area contributed by atoms with Gasteiger partial charge in [0.15, 0.2) is 0 Å². The molecule has 1 fully saturated rings. The van der Waals surface area contributed by atoms with Gasteiger partial charge in [0.25, 0.3) is 0 Å². The maximum atomic E-state index is 11.5. The molecule has 0 aromatic heterocycles. The van der Waals surface area contributed by atoms with Crippen molar-refractivity contribution in [3.63, 3.8) is 0 Å². The van der Waals surface area contributed by atoms with Gasteiger partial charge in [-0.05, 0) is 18.2 Å². The Bertz CT molecular complexity index is 511. The summed E-state index contributed by atoms with van der Waals surface area (Å²) in [6.45, 7) is 1.94. The molecule has 1 aromatic carbocycles. The minimum absolute atomic E-state index is 0.381. The number of rotatable bonds is 2. The number of amides is 1. The van der Waals surface area contributed by atoms with Gasteiger partial charge in [0.2, 0.25) is 5.91 Å². The van der Waals surface area contributed by atoms with Crippen molar-refractivity contribution in [2.45, 2.75) is 6.04 Å². The molecule has 94 valence electrons. The van der Waals surface area contributed by atoms with E-state index in [9.17, 15) is 4.79 Å². The molecule has 18 heavy (non-hydrogen) atoms. The van der Waals surface area contributed by atoms with Gasteiger partial charge in [-0.2, -0.15) is 5.26 Å². The topological polar surface area (TPSA) is 82.2 Å². The van der Waals surface area contributed by atoms with Crippen LogP contribution in [0, 0.1) is 11.3 Å². The van der Waals surface area contributed by atoms with Crippen molar-refractivity contribution in [1.29, 1.82) is 5.26 Å². The maximum absolute atomic E-state index is 11.5. The van der Waals surface area contributed by atoms with E-state index in [-0.39, 0.29) is 5.91 Å². The average Bonchev–Trinajstić information content (AvgIpc) is 2.38. The van der Waals surface area contributed by atoms with Gasteiger partial charge in [0, 0.05) is 24.1 Å². The summed E-state index contributed by atoms with van der Waals surface area (Å²) in [5, 5.41) is 12.3. The highest BCUT2D eigenvalue weighted by Gasteiger charge is 2.28. The fourth-order valence-corrected chi connectivity index (χ4v) is 2.46. The number of hydrogen-bond donors (Lipinski definition) is 2. The van der Waals surface area contributed by atoms with Gasteiger partial charge in [0.1, 0.15) is 12.1 Å². The fraction of sp³-hybridized carbons (Fsp3) is 0.333. The third kappa shape index (κ3) is 2.47. The van der Waals surface area contributed by atoms with Crippen LogP contribution < -0.4 is 16.0 Å². The van der Waals surface area contributed by atoms with Crippen molar-refractivity contribution in [3.05, 3.63) is 28.2 Å². The lowest BCUT2D eigenvalue weighted by atomic mass is 10.1. The number of primary amides is 1. The molecule has 0 aliphatic carbocycles. The van der Waals surface area contributed by atoms with Crippen LogP contribution in [0.5, 0.6) is 0 Å². The van der Waals surface area contributed by atoms with E-state index in [1.54, 1.807) is 6.07 Å². The van der Waals surface area contributed by atoms with Gasteiger partial charge in [-0.1, -0.05) is 15.9 Å². The number of piperazine rings is 1. The zero-order chi connectivity index (χ0) is 13.1. The van der Waals surface area contributed by atoms with E-state index in [4.69, 9.17) is 11.0 Å². The second kappa shape index (κ2) is 5.38. The number of nitrogens with zero attached hydrogens (tertiary/aromatic N) is 2. The Kier molecular flexibility index (Phi) is 3.84. The number of carbonyl (C=O) groups excluding carboxylic acids is 1. The Labute approximate surface area is 114 Å². The van der Waals surface area contributed by atoms with Crippen LogP contribution in [0.4, 0.5) is 5.69 Å². The van der Waals surface area contributed by atoms with Crippen LogP contribution in [-0.2, 0) is 4.79 Å². The highest BCUT2D eigenvalue weighted by molar-refractivity contribution is 9.10. The SMILES string of the molecule is N#Cc1cc(Br)ccc1N1CCNCC1C(N)=O. The molecular formula is C12H13BrN4O. The Balaban J connectivity index is 2.40. The molecule has 5 nitrogen and oxygen atoms in total. The Hall–Kier alpha value is -1.58. The van der Waals surface area contributed by atoms with Crippen LogP contribution in [-0.4, -0.2) is 31.6 Å². The van der Waals surface area contributed by atoms with Crippen molar-refractivity contribution in [2.75, 3.05) is 24.5 Å². The molecule has 1 heterocycles. The number of anilines is 1. The van der Waals surface area contributed by atoms with Gasteiger partial charge in [-0.25, -0.2) is 0 Å². The highest BCUT2D eigenvalue weighted by Crippen LogP contribution is 2.26. The van der Waals surface area contributed by atoms with Crippen molar-refractivity contribution < 1.29 is 4.79 Å². The Morgan fingerprint density at radius 1 is 1.61 bits per heavy atom. The van der Waals surface area contributed by atoms with Crippen LogP contribution in [0.25, 0.3) is 0 Å². The summed E-state index contributed by atoms with van der Waals surface area (Å²) in [7, 11) is 0. The van der Waals surface area contributed by atoms with Crippen LogP contribution in [0.1, 0.15) is 5.56 Å². The lowest BCUT2D eigenvalue weighted by Crippen LogP contribution is -2.57. The molecule has 6 heteroatoms. The first-order chi connectivity index (χ1) is 8.63. The Morgan fingerprint density at radius 3 is 3.06 bits per heavy atom. The molecule has 0 radical (unpaired) electrons. The van der Waals surface area contributed by atoms with Gasteiger partial charge >= 0.3 is 0 Å². The summed E-state index contributed by atoms with van der Waals surface area (Å²) in [5.74, 6) is -0.381. The fourth-order valence-electron chi connectivity index (χ4n) is 2.10. The summed E-state index contributed by atoms with van der Waals surface area (Å²) >= 11 is 3.33. The van der Waals surface area contributed by atoms with Gasteiger partial charge in [0.05, 0.1) is 11.3 Å². The third-order valence-electron chi connectivity index (χ3n) is 2.96. The van der Waals surface area contributed by atoms with Crippen molar-refractivity contribution in [2.24, 2.45) is 5.73 Å². The number of carbonyl (C=O) groups is 1. The minimum Gasteiger partial charge on any atom is -0.368 e. The average molecular weight is 309 g/mol. The van der Waals surface area contributed by atoms with Crippen molar-refractivity contribution in [3.8, 4) is 6.07 Å². The molecule has 1 amide bonds. The largest absolute Gasteiger partial charge is 0.368 e. The van der Waals surface area contributed by atoms with Crippen molar-refractivity contribution >= 4 is 27.5 Å². The maximum Gasteiger partial charge on any atom is 0.241 e. The quantitative estimate of drug-likeness (QED) is 0.837. The predicted octanol–water partition coefficient (Wildman–Crippen LogP) is 0.584. The molecule has 0 bridgehead atoms. The number of halogens is 1. The molecule has 1 unspecified atom stereocenters. The Morgan fingerprint density at radius 2 is 2.39 bits per heavy atom. The molecule has 1 aliphatic heterocycles. The lowest BCUT2D eigenvalue weighted by Gasteiger charge is -2.36. The second-order valence-electron chi connectivity index (χ2n) is 4.09. The van der Waals surface area contributed by atoms with Crippen molar-refractivity contribution in [1.82, 2.24) is 5.32 Å². The molecule has 1 aromatic rings. The third-order valence-corrected chi connectivity index (χ3v) is 3.45. The molecule has 1 aliphatic rings. The highest BCUT2D eigenvalue weighted by atomic mass is 79.9. The molecule has 0 spiro atoms. The number of hydrogen-bond acceptors (Lipinski definition) is 4. The monoisotopic (exact) mass is 308 g/mol. The first kappa shape index (κ1) is 12.9. The number of nitrogens with two attached hydrogens (primary N) is 1. The van der Waals surface area contributed by atoms with E-state index < -0.39 is 6.04 Å². The summed E-state index contributed by atoms with van der Waals surface area (Å²) in [6.07, 6.45) is 0. The summed E-state index contributed by atoms with van der Waals surface area (Å²) in [6, 6.07) is 7.18. The predicted molar refractivity (Wildman–Crippen MR) is 72.1 cm³/mol. The van der Waals surface area contributed by atoms with E-state index in [0.717, 1.165) is 16.7 Å². The molecule has 2 rings (SSSR count).